The van der Waals surface area contributed by atoms with Gasteiger partial charge in [-0.15, -0.1) is 0 Å². The zero-order chi connectivity index (χ0) is 39.5. The topological polar surface area (TPSA) is 43.5 Å². The van der Waals surface area contributed by atoms with Crippen LogP contribution in [0.25, 0.3) is 110 Å². The summed E-state index contributed by atoms with van der Waals surface area (Å²) in [6.45, 7) is 0. The zero-order valence-electron chi connectivity index (χ0n) is 32.3. The Morgan fingerprint density at radius 3 is 1.27 bits per heavy atom. The van der Waals surface area contributed by atoms with Crippen molar-refractivity contribution in [1.29, 1.82) is 5.26 Å². The van der Waals surface area contributed by atoms with Gasteiger partial charge in [0.25, 0.3) is 0 Å². The second-order valence-corrected chi connectivity index (χ2v) is 15.6. The van der Waals surface area contributed by atoms with Gasteiger partial charge in [-0.05, 0) is 78.9 Å². The van der Waals surface area contributed by atoms with Crippen LogP contribution in [0, 0.1) is 11.3 Å². The maximum absolute atomic E-state index is 11.3. The molecular weight excluding hydrogens is 731 g/mol. The summed E-state index contributed by atoms with van der Waals surface area (Å²) in [6.07, 6.45) is 0. The van der Waals surface area contributed by atoms with E-state index >= 15 is 0 Å². The Morgan fingerprint density at radius 2 is 0.717 bits per heavy atom. The Kier molecular flexibility index (Phi) is 6.73. The van der Waals surface area contributed by atoms with E-state index in [1.54, 1.807) is 0 Å². The molecular formula is C55H33N5. The lowest BCUT2D eigenvalue weighted by molar-refractivity contribution is 1.16. The monoisotopic (exact) mass is 763 g/mol. The second-order valence-electron chi connectivity index (χ2n) is 15.6. The van der Waals surface area contributed by atoms with E-state index in [1.807, 2.05) is 0 Å². The van der Waals surface area contributed by atoms with Gasteiger partial charge in [0.2, 0.25) is 0 Å². The normalized spacial score (nSPS) is 12.0. The third-order valence-corrected chi connectivity index (χ3v) is 12.6. The zero-order valence-corrected chi connectivity index (χ0v) is 32.3. The Bertz CT molecular complexity index is 3930. The van der Waals surface area contributed by atoms with Crippen molar-refractivity contribution in [1.82, 2.24) is 18.3 Å². The van der Waals surface area contributed by atoms with Crippen LogP contribution >= 0.6 is 0 Å². The van der Waals surface area contributed by atoms with Gasteiger partial charge in [-0.1, -0.05) is 121 Å². The Balaban J connectivity index is 1.25. The summed E-state index contributed by atoms with van der Waals surface area (Å²) in [5.74, 6) is 0. The number of hydrogen-bond acceptors (Lipinski definition) is 1. The minimum absolute atomic E-state index is 0.605. The fourth-order valence-corrected chi connectivity index (χ4v) is 10.2. The van der Waals surface area contributed by atoms with Crippen LogP contribution in [-0.4, -0.2) is 18.3 Å². The molecule has 0 atom stereocenters. The molecule has 0 N–H and O–H groups in total. The van der Waals surface area contributed by atoms with Crippen molar-refractivity contribution in [2.24, 2.45) is 0 Å². The third-order valence-electron chi connectivity index (χ3n) is 12.6. The molecule has 13 rings (SSSR count). The van der Waals surface area contributed by atoms with Crippen molar-refractivity contribution in [3.63, 3.8) is 0 Å². The van der Waals surface area contributed by atoms with Gasteiger partial charge in [0.1, 0.15) is 6.07 Å². The predicted octanol–water partition coefficient (Wildman–Crippen LogP) is 13.9. The maximum Gasteiger partial charge on any atom is 0.101 e. The van der Waals surface area contributed by atoms with Crippen molar-refractivity contribution in [2.45, 2.75) is 0 Å². The van der Waals surface area contributed by atoms with Gasteiger partial charge in [0.15, 0.2) is 0 Å². The third kappa shape index (κ3) is 4.34. The lowest BCUT2D eigenvalue weighted by Gasteiger charge is -2.13. The van der Waals surface area contributed by atoms with Crippen molar-refractivity contribution in [3.05, 3.63) is 206 Å². The Labute approximate surface area is 344 Å². The van der Waals surface area contributed by atoms with Gasteiger partial charge in [-0.2, -0.15) is 5.26 Å². The highest BCUT2D eigenvalue weighted by molar-refractivity contribution is 6.28. The van der Waals surface area contributed by atoms with E-state index in [1.165, 1.54) is 16.2 Å². The highest BCUT2D eigenvalue weighted by Crippen LogP contribution is 2.46. The average molecular weight is 764 g/mol. The summed E-state index contributed by atoms with van der Waals surface area (Å²) >= 11 is 0. The molecule has 4 aromatic heterocycles. The summed E-state index contributed by atoms with van der Waals surface area (Å²) in [6, 6.07) is 74.0. The molecule has 0 radical (unpaired) electrons. The molecule has 4 heterocycles. The smallest absolute Gasteiger partial charge is 0.101 e. The molecule has 13 aromatic rings. The fraction of sp³-hybridized carbons (Fsp3) is 0. The molecule has 0 aliphatic heterocycles. The van der Waals surface area contributed by atoms with Crippen LogP contribution < -0.4 is 0 Å². The van der Waals surface area contributed by atoms with Crippen LogP contribution in [-0.2, 0) is 0 Å². The molecule has 5 heteroatoms. The van der Waals surface area contributed by atoms with Gasteiger partial charge in [0, 0.05) is 60.2 Å². The quantitative estimate of drug-likeness (QED) is 0.176. The van der Waals surface area contributed by atoms with Crippen molar-refractivity contribution in [3.8, 4) is 28.8 Å². The summed E-state index contributed by atoms with van der Waals surface area (Å²) in [5, 5.41) is 20.5. The summed E-state index contributed by atoms with van der Waals surface area (Å²) in [7, 11) is 0. The SMILES string of the molecule is N#Cc1cc2c(cc1-n1c3ccccc3c3ccc4c(c5ccccc5n4-c4ccccc4)c31)c1c(ccc3c4ccccc4n(-c4ccccc4)c31)n2-c1ccccc1. The van der Waals surface area contributed by atoms with Gasteiger partial charge < -0.3 is 18.3 Å². The Hall–Kier alpha value is -8.33. The first kappa shape index (κ1) is 32.7. The standard InChI is InChI=1S/C55H33N5/c56-34-35-32-51-44(53-49(58(51)37-18-6-2-7-19-37)31-28-41-39-22-10-13-25-45(39)59(54(41)53)38-20-8-3-9-21-38)33-50(35)60-46-26-14-11-23-40(46)42-29-30-48-52(55(42)60)43-24-12-15-27-47(43)57(48)36-16-4-1-5-17-36/h1-33H. The van der Waals surface area contributed by atoms with Gasteiger partial charge in [-0.3, -0.25) is 0 Å². The summed E-state index contributed by atoms with van der Waals surface area (Å²) < 4.78 is 9.49. The van der Waals surface area contributed by atoms with Crippen molar-refractivity contribution in [2.75, 3.05) is 0 Å². The van der Waals surface area contributed by atoms with E-state index in [0.717, 1.165) is 93.8 Å². The van der Waals surface area contributed by atoms with Crippen molar-refractivity contribution < 1.29 is 0 Å². The average Bonchev–Trinajstić information content (AvgIpc) is 4.04. The van der Waals surface area contributed by atoms with E-state index in [2.05, 4.69) is 225 Å². The fourth-order valence-electron chi connectivity index (χ4n) is 10.2. The molecule has 0 saturated carbocycles. The van der Waals surface area contributed by atoms with Crippen LogP contribution in [0.5, 0.6) is 0 Å². The molecule has 9 aromatic carbocycles. The molecule has 5 nitrogen and oxygen atoms in total. The second kappa shape index (κ2) is 12.3. The predicted molar refractivity (Wildman–Crippen MR) is 249 cm³/mol. The van der Waals surface area contributed by atoms with Crippen LogP contribution in [0.15, 0.2) is 200 Å². The van der Waals surface area contributed by atoms with E-state index in [4.69, 9.17) is 0 Å². The van der Waals surface area contributed by atoms with Gasteiger partial charge in [-0.25, -0.2) is 0 Å². The number of para-hydroxylation sites is 6. The molecule has 0 bridgehead atoms. The first-order valence-electron chi connectivity index (χ1n) is 20.3. The summed E-state index contributed by atoms with van der Waals surface area (Å²) in [5.41, 5.74) is 13.5. The highest BCUT2D eigenvalue weighted by Gasteiger charge is 2.26. The number of hydrogen-bond donors (Lipinski definition) is 0. The lowest BCUT2D eigenvalue weighted by atomic mass is 10.0. The van der Waals surface area contributed by atoms with Crippen LogP contribution in [0.2, 0.25) is 0 Å². The van der Waals surface area contributed by atoms with E-state index < -0.39 is 0 Å². The van der Waals surface area contributed by atoms with Gasteiger partial charge in [0.05, 0.1) is 55.4 Å². The van der Waals surface area contributed by atoms with E-state index in [-0.39, 0.29) is 0 Å². The van der Waals surface area contributed by atoms with E-state index in [0.29, 0.717) is 5.56 Å². The number of benzene rings is 9. The highest BCUT2D eigenvalue weighted by atomic mass is 15.0. The first-order valence-corrected chi connectivity index (χ1v) is 20.3. The molecule has 0 aliphatic carbocycles. The molecule has 278 valence electrons. The largest absolute Gasteiger partial charge is 0.309 e. The summed E-state index contributed by atoms with van der Waals surface area (Å²) in [4.78, 5) is 0. The van der Waals surface area contributed by atoms with Crippen LogP contribution in [0.3, 0.4) is 0 Å². The number of nitrogens with zero attached hydrogens (tertiary/aromatic N) is 5. The molecule has 0 fully saturated rings. The molecule has 0 aliphatic rings. The molecule has 0 saturated heterocycles. The van der Waals surface area contributed by atoms with Crippen molar-refractivity contribution >= 4 is 87.2 Å². The minimum Gasteiger partial charge on any atom is -0.309 e. The molecule has 60 heavy (non-hydrogen) atoms. The molecule has 0 unspecified atom stereocenters. The first-order chi connectivity index (χ1) is 29.8. The van der Waals surface area contributed by atoms with Crippen LogP contribution in [0.1, 0.15) is 5.56 Å². The maximum atomic E-state index is 11.3. The molecule has 0 spiro atoms. The lowest BCUT2D eigenvalue weighted by Crippen LogP contribution is -2.00. The van der Waals surface area contributed by atoms with Gasteiger partial charge >= 0.3 is 0 Å². The van der Waals surface area contributed by atoms with E-state index in [9.17, 15) is 5.26 Å². The number of rotatable bonds is 4. The Morgan fingerprint density at radius 1 is 0.300 bits per heavy atom. The number of fused-ring (bicyclic) bond motifs is 14. The molecule has 0 amide bonds. The number of aromatic nitrogens is 4. The minimum atomic E-state index is 0.605. The number of nitriles is 1. The van der Waals surface area contributed by atoms with Crippen LogP contribution in [0.4, 0.5) is 0 Å².